The summed E-state index contributed by atoms with van der Waals surface area (Å²) in [5.74, 6) is 0.00834. The zero-order chi connectivity index (χ0) is 17.0. The minimum atomic E-state index is -0.686. The van der Waals surface area contributed by atoms with E-state index in [1.165, 1.54) is 23.8 Å². The van der Waals surface area contributed by atoms with E-state index in [0.717, 1.165) is 11.3 Å². The fraction of sp³-hybridized carbons (Fsp3) is 0.312. The van der Waals surface area contributed by atoms with E-state index in [2.05, 4.69) is 0 Å². The van der Waals surface area contributed by atoms with Crippen LogP contribution in [0.5, 0.6) is 5.75 Å². The molecule has 0 unspecified atom stereocenters. The first-order valence-corrected chi connectivity index (χ1v) is 8.23. The van der Waals surface area contributed by atoms with Gasteiger partial charge in [0.05, 0.1) is 19.1 Å². The summed E-state index contributed by atoms with van der Waals surface area (Å²) >= 11 is 6.45. The maximum Gasteiger partial charge on any atom is 0.329 e. The van der Waals surface area contributed by atoms with Crippen molar-refractivity contribution in [2.45, 2.75) is 19.4 Å². The Bertz CT molecular complexity index is 655. The number of thioether (sulfide) groups is 1. The van der Waals surface area contributed by atoms with E-state index in [9.17, 15) is 9.59 Å². The number of rotatable bonds is 5. The third-order valence-electron chi connectivity index (χ3n) is 3.41. The molecule has 0 bridgehead atoms. The molecule has 2 rings (SSSR count). The third-order valence-corrected chi connectivity index (χ3v) is 4.74. The monoisotopic (exact) mass is 351 g/mol. The molecule has 1 aliphatic rings. The van der Waals surface area contributed by atoms with Crippen LogP contribution in [-0.2, 0) is 14.3 Å². The summed E-state index contributed by atoms with van der Waals surface area (Å²) in [7, 11) is 2.90. The van der Waals surface area contributed by atoms with Gasteiger partial charge in [-0.3, -0.25) is 9.69 Å². The average molecular weight is 351 g/mol. The molecule has 1 aliphatic heterocycles. The number of ether oxygens (including phenoxy) is 2. The third kappa shape index (κ3) is 3.73. The first-order chi connectivity index (χ1) is 11.0. The largest absolute Gasteiger partial charge is 0.497 e. The highest BCUT2D eigenvalue weighted by Crippen LogP contribution is 2.35. The second-order valence-corrected chi connectivity index (χ2v) is 6.45. The molecule has 0 N–H and O–H groups in total. The van der Waals surface area contributed by atoms with Crippen LogP contribution >= 0.6 is 24.0 Å². The van der Waals surface area contributed by atoms with Crippen LogP contribution in [0.25, 0.3) is 6.08 Å². The Kier molecular flexibility index (Phi) is 5.79. The predicted molar refractivity (Wildman–Crippen MR) is 94.1 cm³/mol. The molecule has 1 fully saturated rings. The van der Waals surface area contributed by atoms with Crippen LogP contribution in [0, 0.1) is 0 Å². The van der Waals surface area contributed by atoms with Gasteiger partial charge in [0.1, 0.15) is 16.1 Å². The van der Waals surface area contributed by atoms with E-state index in [-0.39, 0.29) is 5.91 Å². The molecule has 23 heavy (non-hydrogen) atoms. The first kappa shape index (κ1) is 17.5. The molecule has 1 aromatic rings. The Morgan fingerprint density at radius 1 is 1.35 bits per heavy atom. The van der Waals surface area contributed by atoms with Crippen LogP contribution < -0.4 is 4.74 Å². The maximum absolute atomic E-state index is 12.6. The maximum atomic E-state index is 12.6. The SMILES string of the molecule is CC[C@H](C(=O)OC)N1C(=O)/C(=C/c2ccc(OC)cc2)SC1=S. The predicted octanol–water partition coefficient (Wildman–Crippen LogP) is 2.85. The van der Waals surface area contributed by atoms with Gasteiger partial charge >= 0.3 is 5.97 Å². The van der Waals surface area contributed by atoms with Crippen molar-refractivity contribution >= 4 is 46.3 Å². The van der Waals surface area contributed by atoms with E-state index in [1.807, 2.05) is 31.2 Å². The molecular formula is C16H17NO4S2. The summed E-state index contributed by atoms with van der Waals surface area (Å²) in [4.78, 5) is 26.2. The number of hydrogen-bond acceptors (Lipinski definition) is 6. The van der Waals surface area contributed by atoms with Crippen molar-refractivity contribution in [3.05, 3.63) is 34.7 Å². The first-order valence-electron chi connectivity index (χ1n) is 7.00. The number of carbonyl (C=O) groups is 2. The Balaban J connectivity index is 2.26. The van der Waals surface area contributed by atoms with Gasteiger partial charge in [0.2, 0.25) is 0 Å². The molecule has 1 aromatic carbocycles. The lowest BCUT2D eigenvalue weighted by molar-refractivity contribution is -0.148. The lowest BCUT2D eigenvalue weighted by Crippen LogP contribution is -2.44. The van der Waals surface area contributed by atoms with Gasteiger partial charge in [-0.05, 0) is 30.2 Å². The number of hydrogen-bond donors (Lipinski definition) is 0. The molecule has 122 valence electrons. The molecule has 0 radical (unpaired) electrons. The van der Waals surface area contributed by atoms with E-state index in [0.29, 0.717) is 15.6 Å². The van der Waals surface area contributed by atoms with Gasteiger partial charge in [-0.15, -0.1) is 0 Å². The Hall–Kier alpha value is -1.86. The number of methoxy groups -OCH3 is 2. The molecule has 0 aromatic heterocycles. The minimum absolute atomic E-state index is 0.270. The van der Waals surface area contributed by atoms with Crippen LogP contribution in [0.2, 0.25) is 0 Å². The van der Waals surface area contributed by atoms with Crippen LogP contribution in [0.1, 0.15) is 18.9 Å². The summed E-state index contributed by atoms with van der Waals surface area (Å²) in [5, 5.41) is 0. The van der Waals surface area contributed by atoms with Crippen LogP contribution in [0.4, 0.5) is 0 Å². The zero-order valence-electron chi connectivity index (χ0n) is 13.1. The Morgan fingerprint density at radius 3 is 2.52 bits per heavy atom. The quantitative estimate of drug-likeness (QED) is 0.462. The molecule has 5 nitrogen and oxygen atoms in total. The number of carbonyl (C=O) groups excluding carboxylic acids is 2. The fourth-order valence-corrected chi connectivity index (χ4v) is 3.55. The van der Waals surface area contributed by atoms with E-state index >= 15 is 0 Å². The summed E-state index contributed by atoms with van der Waals surface area (Å²) in [6.45, 7) is 1.81. The van der Waals surface area contributed by atoms with Gasteiger partial charge in [0, 0.05) is 0 Å². The lowest BCUT2D eigenvalue weighted by atomic mass is 10.1. The number of esters is 1. The molecule has 1 saturated heterocycles. The lowest BCUT2D eigenvalue weighted by Gasteiger charge is -2.23. The summed E-state index contributed by atoms with van der Waals surface area (Å²) in [6, 6.07) is 6.65. The summed E-state index contributed by atoms with van der Waals surface area (Å²) in [5.41, 5.74) is 0.859. The number of thiocarbonyl (C=S) groups is 1. The van der Waals surface area contributed by atoms with Crippen LogP contribution in [0.3, 0.4) is 0 Å². The smallest absolute Gasteiger partial charge is 0.329 e. The van der Waals surface area contributed by atoms with E-state index in [4.69, 9.17) is 21.7 Å². The number of nitrogens with zero attached hydrogens (tertiary/aromatic N) is 1. The fourth-order valence-electron chi connectivity index (χ4n) is 2.19. The molecule has 1 amide bonds. The van der Waals surface area contributed by atoms with Crippen molar-refractivity contribution in [1.82, 2.24) is 4.90 Å². The van der Waals surface area contributed by atoms with Crippen LogP contribution in [-0.4, -0.2) is 41.4 Å². The van der Waals surface area contributed by atoms with Crippen molar-refractivity contribution in [2.75, 3.05) is 14.2 Å². The Labute approximate surface area is 144 Å². The molecule has 7 heteroatoms. The summed E-state index contributed by atoms with van der Waals surface area (Å²) < 4.78 is 10.2. The second kappa shape index (κ2) is 7.61. The van der Waals surface area contributed by atoms with Crippen molar-refractivity contribution in [1.29, 1.82) is 0 Å². The minimum Gasteiger partial charge on any atom is -0.497 e. The van der Waals surface area contributed by atoms with Crippen molar-refractivity contribution in [3.8, 4) is 5.75 Å². The second-order valence-electron chi connectivity index (χ2n) is 4.77. The van der Waals surface area contributed by atoms with Crippen molar-refractivity contribution in [2.24, 2.45) is 0 Å². The normalized spacial score (nSPS) is 17.5. The topological polar surface area (TPSA) is 55.8 Å². The van der Waals surface area contributed by atoms with E-state index in [1.54, 1.807) is 13.2 Å². The van der Waals surface area contributed by atoms with Crippen molar-refractivity contribution in [3.63, 3.8) is 0 Å². The van der Waals surface area contributed by atoms with E-state index < -0.39 is 12.0 Å². The molecular weight excluding hydrogens is 334 g/mol. The molecule has 1 atom stereocenters. The molecule has 0 saturated carbocycles. The zero-order valence-corrected chi connectivity index (χ0v) is 14.7. The van der Waals surface area contributed by atoms with Gasteiger partial charge in [-0.25, -0.2) is 4.79 Å². The summed E-state index contributed by atoms with van der Waals surface area (Å²) in [6.07, 6.45) is 2.19. The van der Waals surface area contributed by atoms with Gasteiger partial charge in [-0.2, -0.15) is 0 Å². The highest BCUT2D eigenvalue weighted by Gasteiger charge is 2.40. The molecule has 0 aliphatic carbocycles. The number of benzene rings is 1. The standard InChI is InChI=1S/C16H17NO4S2/c1-4-12(15(19)21-3)17-14(18)13(23-16(17)22)9-10-5-7-11(20-2)8-6-10/h5-9,12H,4H2,1-3H3/b13-9-/t12-/m1/s1. The molecule has 1 heterocycles. The van der Waals surface area contributed by atoms with Gasteiger partial charge < -0.3 is 9.47 Å². The highest BCUT2D eigenvalue weighted by molar-refractivity contribution is 8.26. The molecule has 0 spiro atoms. The number of amides is 1. The van der Waals surface area contributed by atoms with Crippen LogP contribution in [0.15, 0.2) is 29.2 Å². The van der Waals surface area contributed by atoms with Crippen molar-refractivity contribution < 1.29 is 19.1 Å². The highest BCUT2D eigenvalue weighted by atomic mass is 32.2. The van der Waals surface area contributed by atoms with Gasteiger partial charge in [0.15, 0.2) is 0 Å². The van der Waals surface area contributed by atoms with Gasteiger partial charge in [0.25, 0.3) is 5.91 Å². The Morgan fingerprint density at radius 2 is 2.00 bits per heavy atom. The van der Waals surface area contributed by atoms with Gasteiger partial charge in [-0.1, -0.05) is 43.0 Å². The average Bonchev–Trinajstić information content (AvgIpc) is 2.83.